The average molecular weight is 220 g/mol. The van der Waals surface area contributed by atoms with Crippen LogP contribution in [0, 0.1) is 5.92 Å². The Morgan fingerprint density at radius 2 is 1.88 bits per heavy atom. The Kier molecular flexibility index (Phi) is 5.03. The van der Waals surface area contributed by atoms with Crippen molar-refractivity contribution in [2.75, 3.05) is 6.61 Å². The van der Waals surface area contributed by atoms with Gasteiger partial charge in [0.15, 0.2) is 5.78 Å². The number of benzene rings is 1. The third-order valence-corrected chi connectivity index (χ3v) is 2.90. The Morgan fingerprint density at radius 3 is 2.44 bits per heavy atom. The molecule has 1 aromatic carbocycles. The highest BCUT2D eigenvalue weighted by Gasteiger charge is 2.09. The first-order valence-electron chi connectivity index (χ1n) is 5.91. The highest BCUT2D eigenvalue weighted by Crippen LogP contribution is 2.20. The zero-order valence-electron chi connectivity index (χ0n) is 10.3. The molecule has 0 radical (unpaired) electrons. The maximum atomic E-state index is 11.4. The molecule has 88 valence electrons. The molecule has 0 bridgehead atoms. The van der Waals surface area contributed by atoms with Crippen molar-refractivity contribution in [3.63, 3.8) is 0 Å². The summed E-state index contributed by atoms with van der Waals surface area (Å²) in [5.41, 5.74) is 0.674. The molecule has 1 aromatic rings. The van der Waals surface area contributed by atoms with E-state index in [2.05, 4.69) is 13.8 Å². The molecule has 0 saturated heterocycles. The highest BCUT2D eigenvalue weighted by molar-refractivity contribution is 5.96. The topological polar surface area (TPSA) is 26.3 Å². The number of ether oxygens (including phenoxy) is 1. The van der Waals surface area contributed by atoms with Gasteiger partial charge in [-0.05, 0) is 25.0 Å². The van der Waals surface area contributed by atoms with Crippen molar-refractivity contribution in [1.82, 2.24) is 0 Å². The second kappa shape index (κ2) is 6.31. The van der Waals surface area contributed by atoms with Crippen molar-refractivity contribution < 1.29 is 9.53 Å². The Balaban J connectivity index is 2.69. The number of para-hydroxylation sites is 1. The van der Waals surface area contributed by atoms with Crippen LogP contribution in [0.2, 0.25) is 0 Å². The van der Waals surface area contributed by atoms with Crippen LogP contribution in [0.3, 0.4) is 0 Å². The van der Waals surface area contributed by atoms with Crippen LogP contribution in [0.4, 0.5) is 0 Å². The van der Waals surface area contributed by atoms with E-state index in [1.807, 2.05) is 24.3 Å². The van der Waals surface area contributed by atoms with Crippen molar-refractivity contribution in [3.8, 4) is 5.75 Å². The summed E-state index contributed by atoms with van der Waals surface area (Å²) >= 11 is 0. The third-order valence-electron chi connectivity index (χ3n) is 2.90. The molecule has 0 heterocycles. The number of carbonyl (C=O) groups excluding carboxylic acids is 1. The van der Waals surface area contributed by atoms with Gasteiger partial charge in [0.2, 0.25) is 0 Å². The lowest BCUT2D eigenvalue weighted by Crippen LogP contribution is -2.11. The van der Waals surface area contributed by atoms with Gasteiger partial charge >= 0.3 is 0 Å². The predicted octanol–water partition coefficient (Wildman–Crippen LogP) is 3.70. The lowest BCUT2D eigenvalue weighted by Gasteiger charge is -2.15. The lowest BCUT2D eigenvalue weighted by molar-refractivity contribution is 0.101. The zero-order chi connectivity index (χ0) is 12.0. The van der Waals surface area contributed by atoms with Crippen LogP contribution in [-0.4, -0.2) is 12.4 Å². The predicted molar refractivity (Wildman–Crippen MR) is 66.0 cm³/mol. The molecule has 0 saturated carbocycles. The average Bonchev–Trinajstić information content (AvgIpc) is 2.30. The molecule has 2 nitrogen and oxygen atoms in total. The molecule has 16 heavy (non-hydrogen) atoms. The maximum absolute atomic E-state index is 11.4. The molecule has 0 amide bonds. The number of Topliss-reactive ketones (excluding diaryl/α,β-unsaturated/α-hetero) is 1. The van der Waals surface area contributed by atoms with E-state index >= 15 is 0 Å². The molecule has 0 aliphatic carbocycles. The van der Waals surface area contributed by atoms with Gasteiger partial charge in [0.1, 0.15) is 5.75 Å². The fourth-order valence-corrected chi connectivity index (χ4v) is 1.62. The molecule has 0 aliphatic heterocycles. The second-order valence-corrected chi connectivity index (χ2v) is 4.05. The first kappa shape index (κ1) is 12.8. The van der Waals surface area contributed by atoms with E-state index in [1.54, 1.807) is 6.92 Å². The van der Waals surface area contributed by atoms with E-state index in [-0.39, 0.29) is 5.78 Å². The van der Waals surface area contributed by atoms with E-state index in [4.69, 9.17) is 4.74 Å². The van der Waals surface area contributed by atoms with Crippen molar-refractivity contribution in [2.45, 2.75) is 33.6 Å². The van der Waals surface area contributed by atoms with Crippen molar-refractivity contribution in [2.24, 2.45) is 5.92 Å². The zero-order valence-corrected chi connectivity index (χ0v) is 10.3. The highest BCUT2D eigenvalue weighted by atomic mass is 16.5. The van der Waals surface area contributed by atoms with Crippen molar-refractivity contribution in [3.05, 3.63) is 29.8 Å². The fourth-order valence-electron chi connectivity index (χ4n) is 1.62. The summed E-state index contributed by atoms with van der Waals surface area (Å²) in [6, 6.07) is 7.43. The van der Waals surface area contributed by atoms with Gasteiger partial charge in [0.05, 0.1) is 12.2 Å². The SMILES string of the molecule is CCC(CC)COc1ccccc1C(C)=O. The van der Waals surface area contributed by atoms with E-state index < -0.39 is 0 Å². The minimum absolute atomic E-state index is 0.0557. The van der Waals surface area contributed by atoms with Crippen LogP contribution in [0.1, 0.15) is 44.0 Å². The standard InChI is InChI=1S/C14H20O2/c1-4-12(5-2)10-16-14-9-7-6-8-13(14)11(3)15/h6-9,12H,4-5,10H2,1-3H3. The summed E-state index contributed by atoms with van der Waals surface area (Å²) in [5.74, 6) is 1.34. The Morgan fingerprint density at radius 1 is 1.25 bits per heavy atom. The lowest BCUT2D eigenvalue weighted by atomic mass is 10.1. The second-order valence-electron chi connectivity index (χ2n) is 4.05. The molecule has 2 heteroatoms. The summed E-state index contributed by atoms with van der Waals surface area (Å²) in [4.78, 5) is 11.4. The number of carbonyl (C=O) groups is 1. The number of ketones is 1. The van der Waals surface area contributed by atoms with Gasteiger partial charge < -0.3 is 4.74 Å². The summed E-state index contributed by atoms with van der Waals surface area (Å²) in [6.07, 6.45) is 2.22. The van der Waals surface area contributed by atoms with Gasteiger partial charge in [0.25, 0.3) is 0 Å². The first-order valence-corrected chi connectivity index (χ1v) is 5.91. The number of rotatable bonds is 6. The Hall–Kier alpha value is -1.31. The minimum atomic E-state index is 0.0557. The van der Waals surface area contributed by atoms with Crippen LogP contribution >= 0.6 is 0 Å². The molecule has 0 aliphatic rings. The quantitative estimate of drug-likeness (QED) is 0.683. The van der Waals surface area contributed by atoms with Crippen LogP contribution in [-0.2, 0) is 0 Å². The maximum Gasteiger partial charge on any atom is 0.163 e. The van der Waals surface area contributed by atoms with Crippen LogP contribution < -0.4 is 4.74 Å². The third kappa shape index (κ3) is 3.37. The number of hydrogen-bond acceptors (Lipinski definition) is 2. The summed E-state index contributed by atoms with van der Waals surface area (Å²) in [7, 11) is 0. The Labute approximate surface area is 97.6 Å². The summed E-state index contributed by atoms with van der Waals surface area (Å²) in [5, 5.41) is 0. The molecular formula is C14H20O2. The van der Waals surface area contributed by atoms with Crippen molar-refractivity contribution >= 4 is 5.78 Å². The molecule has 1 rings (SSSR count). The van der Waals surface area contributed by atoms with Crippen LogP contribution in [0.25, 0.3) is 0 Å². The molecule has 0 aromatic heterocycles. The minimum Gasteiger partial charge on any atom is -0.493 e. The van der Waals surface area contributed by atoms with Gasteiger partial charge in [-0.25, -0.2) is 0 Å². The van der Waals surface area contributed by atoms with E-state index in [0.29, 0.717) is 23.8 Å². The Bertz CT molecular complexity index is 340. The van der Waals surface area contributed by atoms with Crippen molar-refractivity contribution in [1.29, 1.82) is 0 Å². The van der Waals surface area contributed by atoms with Crippen LogP contribution in [0.15, 0.2) is 24.3 Å². The monoisotopic (exact) mass is 220 g/mol. The van der Waals surface area contributed by atoms with E-state index in [0.717, 1.165) is 12.8 Å². The number of hydrogen-bond donors (Lipinski definition) is 0. The summed E-state index contributed by atoms with van der Waals surface area (Å²) in [6.45, 7) is 6.58. The molecule has 0 unspecified atom stereocenters. The van der Waals surface area contributed by atoms with Gasteiger partial charge in [0, 0.05) is 0 Å². The van der Waals surface area contributed by atoms with Gasteiger partial charge in [-0.1, -0.05) is 38.8 Å². The van der Waals surface area contributed by atoms with E-state index in [9.17, 15) is 4.79 Å². The largest absolute Gasteiger partial charge is 0.493 e. The summed E-state index contributed by atoms with van der Waals surface area (Å²) < 4.78 is 5.72. The van der Waals surface area contributed by atoms with Gasteiger partial charge in [-0.3, -0.25) is 4.79 Å². The van der Waals surface area contributed by atoms with Gasteiger partial charge in [-0.2, -0.15) is 0 Å². The van der Waals surface area contributed by atoms with Gasteiger partial charge in [-0.15, -0.1) is 0 Å². The van der Waals surface area contributed by atoms with Crippen LogP contribution in [0.5, 0.6) is 5.75 Å². The molecule has 0 fully saturated rings. The molecule has 0 spiro atoms. The van der Waals surface area contributed by atoms with E-state index in [1.165, 1.54) is 0 Å². The molecule has 0 N–H and O–H groups in total. The smallest absolute Gasteiger partial charge is 0.163 e. The molecular weight excluding hydrogens is 200 g/mol. The normalized spacial score (nSPS) is 10.5. The first-order chi connectivity index (χ1) is 7.69. The fraction of sp³-hybridized carbons (Fsp3) is 0.500. The molecule has 0 atom stereocenters.